The van der Waals surface area contributed by atoms with Gasteiger partial charge >= 0.3 is 6.18 Å². The number of amides is 1. The minimum absolute atomic E-state index is 0. The molecule has 1 aromatic heterocycles. The molecule has 0 saturated carbocycles. The van der Waals surface area contributed by atoms with E-state index in [2.05, 4.69) is 10.3 Å². The third-order valence-electron chi connectivity index (χ3n) is 4.60. The molecular formula is C18H23ClF3N5O2. The highest BCUT2D eigenvalue weighted by Gasteiger charge is 2.34. The molecule has 0 atom stereocenters. The van der Waals surface area contributed by atoms with Gasteiger partial charge in [-0.1, -0.05) is 17.3 Å². The summed E-state index contributed by atoms with van der Waals surface area (Å²) in [5, 5.41) is 7.50. The molecule has 1 amide bonds. The number of benzene rings is 1. The predicted molar refractivity (Wildman–Crippen MR) is 102 cm³/mol. The topological polar surface area (TPSA) is 86.3 Å². The number of piperidine rings is 1. The fourth-order valence-corrected chi connectivity index (χ4v) is 3.11. The molecule has 0 unspecified atom stereocenters. The Morgan fingerprint density at radius 3 is 2.59 bits per heavy atom. The number of carbonyl (C=O) groups is 1. The number of alkyl halides is 3. The van der Waals surface area contributed by atoms with Crippen LogP contribution < -0.4 is 5.73 Å². The van der Waals surface area contributed by atoms with Crippen LogP contribution in [0.5, 0.6) is 0 Å². The Labute approximate surface area is 172 Å². The van der Waals surface area contributed by atoms with Gasteiger partial charge in [-0.15, -0.1) is 17.5 Å². The molecule has 0 bridgehead atoms. The van der Waals surface area contributed by atoms with E-state index < -0.39 is 11.7 Å². The second-order valence-corrected chi connectivity index (χ2v) is 6.57. The van der Waals surface area contributed by atoms with Crippen molar-refractivity contribution in [3.05, 3.63) is 41.7 Å². The maximum Gasteiger partial charge on any atom is 0.418 e. The largest absolute Gasteiger partial charge is 0.418 e. The van der Waals surface area contributed by atoms with Crippen LogP contribution in [-0.4, -0.2) is 58.1 Å². The fourth-order valence-electron chi connectivity index (χ4n) is 3.11. The summed E-state index contributed by atoms with van der Waals surface area (Å²) in [6.45, 7) is 2.17. The first kappa shape index (κ1) is 23.1. The van der Waals surface area contributed by atoms with Crippen LogP contribution in [0.15, 0.2) is 30.5 Å². The van der Waals surface area contributed by atoms with E-state index >= 15 is 0 Å². The van der Waals surface area contributed by atoms with E-state index in [-0.39, 0.29) is 35.8 Å². The molecule has 11 heteroatoms. The molecular weight excluding hydrogens is 411 g/mol. The number of nitrogens with two attached hydrogens (primary N) is 1. The highest BCUT2D eigenvalue weighted by molar-refractivity contribution is 5.92. The van der Waals surface area contributed by atoms with Gasteiger partial charge in [-0.25, -0.2) is 4.68 Å². The first-order valence-corrected chi connectivity index (χ1v) is 9.10. The Morgan fingerprint density at radius 2 is 1.93 bits per heavy atom. The van der Waals surface area contributed by atoms with Gasteiger partial charge in [0.2, 0.25) is 0 Å². The molecule has 160 valence electrons. The molecule has 3 rings (SSSR count). The standard InChI is InChI=1S/C18H22F3N5O2.ClH/c19-18(20,21)14-4-1-2-5-16(14)26-12-15(23-24-26)17(27)25-9-6-13(7-10-25)28-11-3-8-22;/h1-2,4-5,12-13H,3,6-11,22H2;1H. The third-order valence-corrected chi connectivity index (χ3v) is 4.60. The number of likely N-dealkylation sites (tertiary alicyclic amines) is 1. The molecule has 1 aliphatic heterocycles. The lowest BCUT2D eigenvalue weighted by atomic mass is 10.1. The van der Waals surface area contributed by atoms with E-state index in [1.807, 2.05) is 0 Å². The number of hydrogen-bond acceptors (Lipinski definition) is 5. The highest BCUT2D eigenvalue weighted by atomic mass is 35.5. The van der Waals surface area contributed by atoms with Crippen molar-refractivity contribution in [2.24, 2.45) is 5.73 Å². The van der Waals surface area contributed by atoms with Crippen LogP contribution >= 0.6 is 12.4 Å². The zero-order valence-electron chi connectivity index (χ0n) is 15.6. The lowest BCUT2D eigenvalue weighted by Crippen LogP contribution is -2.41. The third kappa shape index (κ3) is 5.68. The van der Waals surface area contributed by atoms with Crippen molar-refractivity contribution in [2.45, 2.75) is 31.5 Å². The maximum atomic E-state index is 13.2. The molecule has 2 N–H and O–H groups in total. The Balaban J connectivity index is 0.00000300. The summed E-state index contributed by atoms with van der Waals surface area (Å²) in [6, 6.07) is 5.03. The minimum Gasteiger partial charge on any atom is -0.378 e. The van der Waals surface area contributed by atoms with Crippen molar-refractivity contribution >= 4 is 18.3 Å². The Kier molecular flexibility index (Phi) is 8.00. The summed E-state index contributed by atoms with van der Waals surface area (Å²) in [4.78, 5) is 14.2. The maximum absolute atomic E-state index is 13.2. The molecule has 1 aliphatic rings. The van der Waals surface area contributed by atoms with E-state index in [0.717, 1.165) is 17.2 Å². The molecule has 2 aromatic rings. The second kappa shape index (κ2) is 10.0. The van der Waals surface area contributed by atoms with Crippen LogP contribution in [0.3, 0.4) is 0 Å². The summed E-state index contributed by atoms with van der Waals surface area (Å²) in [7, 11) is 0. The zero-order chi connectivity index (χ0) is 20.1. The van der Waals surface area contributed by atoms with Crippen LogP contribution in [0.4, 0.5) is 13.2 Å². The molecule has 1 aromatic carbocycles. The van der Waals surface area contributed by atoms with Gasteiger partial charge in [-0.05, 0) is 37.9 Å². The number of para-hydroxylation sites is 1. The first-order valence-electron chi connectivity index (χ1n) is 9.10. The Morgan fingerprint density at radius 1 is 1.24 bits per heavy atom. The molecule has 0 radical (unpaired) electrons. The fraction of sp³-hybridized carbons (Fsp3) is 0.500. The number of rotatable bonds is 6. The SMILES string of the molecule is Cl.NCCCOC1CCN(C(=O)c2cn(-c3ccccc3C(F)(F)F)nn2)CC1. The molecule has 29 heavy (non-hydrogen) atoms. The number of nitrogens with zero attached hydrogens (tertiary/aromatic N) is 4. The van der Waals surface area contributed by atoms with Crippen LogP contribution in [0.1, 0.15) is 35.3 Å². The molecule has 7 nitrogen and oxygen atoms in total. The van der Waals surface area contributed by atoms with Gasteiger partial charge in [0, 0.05) is 19.7 Å². The number of ether oxygens (including phenoxy) is 1. The van der Waals surface area contributed by atoms with Crippen molar-refractivity contribution in [2.75, 3.05) is 26.2 Å². The van der Waals surface area contributed by atoms with Gasteiger partial charge in [-0.2, -0.15) is 13.2 Å². The quantitative estimate of drug-likeness (QED) is 0.708. The number of hydrogen-bond donors (Lipinski definition) is 1. The average molecular weight is 434 g/mol. The monoisotopic (exact) mass is 433 g/mol. The Hall–Kier alpha value is -2.17. The van der Waals surface area contributed by atoms with Crippen LogP contribution in [0.25, 0.3) is 5.69 Å². The Bertz CT molecular complexity index is 807. The van der Waals surface area contributed by atoms with Gasteiger partial charge < -0.3 is 15.4 Å². The number of aromatic nitrogens is 3. The van der Waals surface area contributed by atoms with Gasteiger partial charge in [0.25, 0.3) is 5.91 Å². The van der Waals surface area contributed by atoms with E-state index in [4.69, 9.17) is 10.5 Å². The summed E-state index contributed by atoms with van der Waals surface area (Å²) in [5.41, 5.74) is 4.44. The summed E-state index contributed by atoms with van der Waals surface area (Å²) >= 11 is 0. The van der Waals surface area contributed by atoms with Gasteiger partial charge in [0.15, 0.2) is 5.69 Å². The smallest absolute Gasteiger partial charge is 0.378 e. The van der Waals surface area contributed by atoms with Crippen molar-refractivity contribution in [1.29, 1.82) is 0 Å². The minimum atomic E-state index is -4.53. The zero-order valence-corrected chi connectivity index (χ0v) is 16.5. The lowest BCUT2D eigenvalue weighted by molar-refractivity contribution is -0.137. The van der Waals surface area contributed by atoms with Crippen molar-refractivity contribution in [1.82, 2.24) is 19.9 Å². The highest BCUT2D eigenvalue weighted by Crippen LogP contribution is 2.33. The van der Waals surface area contributed by atoms with Crippen LogP contribution in [-0.2, 0) is 10.9 Å². The van der Waals surface area contributed by atoms with Crippen LogP contribution in [0.2, 0.25) is 0 Å². The van der Waals surface area contributed by atoms with Crippen molar-refractivity contribution < 1.29 is 22.7 Å². The van der Waals surface area contributed by atoms with E-state index in [0.29, 0.717) is 39.1 Å². The normalized spacial score (nSPS) is 15.2. The van der Waals surface area contributed by atoms with E-state index in [1.165, 1.54) is 24.4 Å². The first-order chi connectivity index (χ1) is 13.4. The lowest BCUT2D eigenvalue weighted by Gasteiger charge is -2.31. The van der Waals surface area contributed by atoms with Crippen molar-refractivity contribution in [3.8, 4) is 5.69 Å². The molecule has 2 heterocycles. The van der Waals surface area contributed by atoms with Gasteiger partial charge in [0.1, 0.15) is 0 Å². The molecule has 1 saturated heterocycles. The summed E-state index contributed by atoms with van der Waals surface area (Å²) in [5.74, 6) is -0.351. The molecule has 0 aliphatic carbocycles. The molecule has 0 spiro atoms. The number of halogens is 4. The van der Waals surface area contributed by atoms with E-state index in [9.17, 15) is 18.0 Å². The average Bonchev–Trinajstić information content (AvgIpc) is 3.18. The molecule has 1 fully saturated rings. The second-order valence-electron chi connectivity index (χ2n) is 6.57. The number of carbonyl (C=O) groups excluding carboxylic acids is 1. The van der Waals surface area contributed by atoms with E-state index in [1.54, 1.807) is 4.90 Å². The predicted octanol–water partition coefficient (Wildman–Crippen LogP) is 2.68. The van der Waals surface area contributed by atoms with Crippen LogP contribution in [0, 0.1) is 0 Å². The van der Waals surface area contributed by atoms with Gasteiger partial charge in [0.05, 0.1) is 23.6 Å². The van der Waals surface area contributed by atoms with Gasteiger partial charge in [-0.3, -0.25) is 4.79 Å². The summed E-state index contributed by atoms with van der Waals surface area (Å²) < 4.78 is 46.2. The van der Waals surface area contributed by atoms with Crippen molar-refractivity contribution in [3.63, 3.8) is 0 Å². The summed E-state index contributed by atoms with van der Waals surface area (Å²) in [6.07, 6.45) is -1.02.